The van der Waals surface area contributed by atoms with Gasteiger partial charge in [-0.2, -0.15) is 0 Å². The van der Waals surface area contributed by atoms with Crippen molar-refractivity contribution in [3.05, 3.63) is 0 Å². The third kappa shape index (κ3) is 12.1. The number of carbonyl (C=O) groups is 1. The van der Waals surface area contributed by atoms with Crippen LogP contribution in [0.15, 0.2) is 0 Å². The van der Waals surface area contributed by atoms with Gasteiger partial charge in [0.05, 0.1) is 11.5 Å². The van der Waals surface area contributed by atoms with Crippen LogP contribution < -0.4 is 10.6 Å². The molecule has 0 aromatic heterocycles. The number of carbonyl (C=O) groups excluding carboxylic acids is 1. The summed E-state index contributed by atoms with van der Waals surface area (Å²) in [5, 5.41) is 5.75. The molecule has 0 saturated heterocycles. The second kappa shape index (κ2) is 10.6. The van der Waals surface area contributed by atoms with E-state index in [0.29, 0.717) is 13.1 Å². The van der Waals surface area contributed by atoms with Crippen LogP contribution in [0.2, 0.25) is 0 Å². The zero-order valence-electron chi connectivity index (χ0n) is 11.4. The molecule has 7 heteroatoms. The Hall–Kier alpha value is -0.330. The lowest BCUT2D eigenvalue weighted by molar-refractivity contribution is -0.120. The van der Waals surface area contributed by atoms with Crippen LogP contribution in [0.3, 0.4) is 0 Å². The number of sulfone groups is 1. The van der Waals surface area contributed by atoms with Gasteiger partial charge in [-0.25, -0.2) is 8.42 Å². The van der Waals surface area contributed by atoms with Crippen LogP contribution in [0.1, 0.15) is 27.2 Å². The summed E-state index contributed by atoms with van der Waals surface area (Å²) in [5.41, 5.74) is 0. The monoisotopic (exact) mass is 300 g/mol. The predicted octanol–water partition coefficient (Wildman–Crippen LogP) is 0.595. The maximum absolute atomic E-state index is 11.5. The van der Waals surface area contributed by atoms with Crippen molar-refractivity contribution in [1.29, 1.82) is 0 Å². The van der Waals surface area contributed by atoms with Crippen LogP contribution in [0.5, 0.6) is 0 Å². The molecule has 0 saturated carbocycles. The molecule has 1 amide bonds. The van der Waals surface area contributed by atoms with E-state index in [4.69, 9.17) is 0 Å². The lowest BCUT2D eigenvalue weighted by atomic mass is 10.3. The molecule has 110 valence electrons. The first-order chi connectivity index (χ1) is 7.87. The zero-order valence-corrected chi connectivity index (χ0v) is 13.0. The Labute approximate surface area is 116 Å². The van der Waals surface area contributed by atoms with Crippen molar-refractivity contribution in [3.8, 4) is 0 Å². The summed E-state index contributed by atoms with van der Waals surface area (Å²) in [7, 11) is -3.09. The molecule has 0 aromatic rings. The van der Waals surface area contributed by atoms with E-state index in [1.54, 1.807) is 0 Å². The number of hydrogen-bond donors (Lipinski definition) is 2. The van der Waals surface area contributed by atoms with Crippen molar-refractivity contribution < 1.29 is 13.2 Å². The molecule has 0 radical (unpaired) electrons. The molecule has 0 atom stereocenters. The Morgan fingerprint density at radius 3 is 2.33 bits per heavy atom. The molecule has 0 aliphatic rings. The van der Waals surface area contributed by atoms with Crippen LogP contribution >= 0.6 is 12.4 Å². The predicted molar refractivity (Wildman–Crippen MR) is 76.9 cm³/mol. The minimum atomic E-state index is -3.09. The lowest BCUT2D eigenvalue weighted by Crippen LogP contribution is -2.33. The molecule has 0 unspecified atom stereocenters. The van der Waals surface area contributed by atoms with Crippen LogP contribution in [0.25, 0.3) is 0 Å². The largest absolute Gasteiger partial charge is 0.355 e. The fourth-order valence-corrected chi connectivity index (χ4v) is 3.07. The summed E-state index contributed by atoms with van der Waals surface area (Å²) in [5.74, 6) is 0.00245. The molecular formula is C11H25ClN2O3S. The first-order valence-corrected chi connectivity index (χ1v) is 7.87. The SMILES string of the molecule is CCNCCNC(=O)CCS(=O)(=O)CC(C)C.Cl. The van der Waals surface area contributed by atoms with Gasteiger partial charge < -0.3 is 10.6 Å². The third-order valence-electron chi connectivity index (χ3n) is 2.10. The van der Waals surface area contributed by atoms with Crippen LogP contribution in [-0.2, 0) is 14.6 Å². The summed E-state index contributed by atoms with van der Waals surface area (Å²) < 4.78 is 23.1. The molecule has 0 bridgehead atoms. The first kappa shape index (κ1) is 20.0. The number of halogens is 1. The van der Waals surface area contributed by atoms with Gasteiger partial charge in [0.2, 0.25) is 5.91 Å². The van der Waals surface area contributed by atoms with E-state index in [0.717, 1.165) is 6.54 Å². The summed E-state index contributed by atoms with van der Waals surface area (Å²) >= 11 is 0. The van der Waals surface area contributed by atoms with Gasteiger partial charge in [-0.15, -0.1) is 12.4 Å². The molecule has 0 rings (SSSR count). The quantitative estimate of drug-likeness (QED) is 0.611. The maximum atomic E-state index is 11.5. The van der Waals surface area contributed by atoms with E-state index in [1.165, 1.54) is 0 Å². The molecule has 0 heterocycles. The second-order valence-electron chi connectivity index (χ2n) is 4.46. The Balaban J connectivity index is 0. The molecule has 0 fully saturated rings. The molecular weight excluding hydrogens is 276 g/mol. The molecule has 2 N–H and O–H groups in total. The van der Waals surface area contributed by atoms with E-state index in [2.05, 4.69) is 10.6 Å². The Kier molecular flexibility index (Phi) is 11.8. The van der Waals surface area contributed by atoms with Crippen molar-refractivity contribution in [3.63, 3.8) is 0 Å². The highest BCUT2D eigenvalue weighted by Gasteiger charge is 2.14. The normalized spacial score (nSPS) is 11.1. The van der Waals surface area contributed by atoms with E-state index >= 15 is 0 Å². The summed E-state index contributed by atoms with van der Waals surface area (Å²) in [6.45, 7) is 7.80. The average Bonchev–Trinajstić information content (AvgIpc) is 2.20. The molecule has 0 aliphatic heterocycles. The van der Waals surface area contributed by atoms with E-state index in [-0.39, 0.29) is 42.2 Å². The van der Waals surface area contributed by atoms with Gasteiger partial charge in [0, 0.05) is 19.5 Å². The molecule has 0 spiro atoms. The van der Waals surface area contributed by atoms with Crippen molar-refractivity contribution in [1.82, 2.24) is 10.6 Å². The van der Waals surface area contributed by atoms with Crippen molar-refractivity contribution in [2.45, 2.75) is 27.2 Å². The van der Waals surface area contributed by atoms with Gasteiger partial charge in [0.1, 0.15) is 0 Å². The number of amides is 1. The lowest BCUT2D eigenvalue weighted by Gasteiger charge is -2.08. The van der Waals surface area contributed by atoms with Gasteiger partial charge in [0.15, 0.2) is 9.84 Å². The molecule has 18 heavy (non-hydrogen) atoms. The fraction of sp³-hybridized carbons (Fsp3) is 0.909. The molecule has 0 aromatic carbocycles. The van der Waals surface area contributed by atoms with Crippen molar-refractivity contribution in [2.24, 2.45) is 5.92 Å². The van der Waals surface area contributed by atoms with Gasteiger partial charge >= 0.3 is 0 Å². The van der Waals surface area contributed by atoms with Gasteiger partial charge in [0.25, 0.3) is 0 Å². The van der Waals surface area contributed by atoms with Crippen LogP contribution in [0.4, 0.5) is 0 Å². The minimum Gasteiger partial charge on any atom is -0.355 e. The minimum absolute atomic E-state index is 0. The average molecular weight is 301 g/mol. The summed E-state index contributed by atoms with van der Waals surface area (Å²) in [4.78, 5) is 11.3. The maximum Gasteiger partial charge on any atom is 0.221 e. The number of nitrogens with one attached hydrogen (secondary N) is 2. The van der Waals surface area contributed by atoms with Gasteiger partial charge in [-0.3, -0.25) is 4.79 Å². The van der Waals surface area contributed by atoms with Crippen LogP contribution in [0, 0.1) is 5.92 Å². The van der Waals surface area contributed by atoms with Crippen molar-refractivity contribution in [2.75, 3.05) is 31.1 Å². The Morgan fingerprint density at radius 1 is 1.22 bits per heavy atom. The first-order valence-electron chi connectivity index (χ1n) is 6.05. The zero-order chi connectivity index (χ0) is 13.3. The number of likely N-dealkylation sites (N-methyl/N-ethyl adjacent to an activating group) is 1. The number of hydrogen-bond acceptors (Lipinski definition) is 4. The molecule has 5 nitrogen and oxygen atoms in total. The Morgan fingerprint density at radius 2 is 1.83 bits per heavy atom. The second-order valence-corrected chi connectivity index (χ2v) is 6.69. The number of rotatable bonds is 9. The standard InChI is InChI=1S/C11H24N2O3S.ClH/c1-4-12-6-7-13-11(14)5-8-17(15,16)9-10(2)3;/h10,12H,4-9H2,1-3H3,(H,13,14);1H. The Bertz CT molecular complexity index is 318. The highest BCUT2D eigenvalue weighted by atomic mass is 35.5. The van der Waals surface area contributed by atoms with Gasteiger partial charge in [-0.05, 0) is 12.5 Å². The van der Waals surface area contributed by atoms with E-state index in [1.807, 2.05) is 20.8 Å². The highest BCUT2D eigenvalue weighted by Crippen LogP contribution is 2.02. The topological polar surface area (TPSA) is 75.3 Å². The smallest absolute Gasteiger partial charge is 0.221 e. The van der Waals surface area contributed by atoms with E-state index in [9.17, 15) is 13.2 Å². The third-order valence-corrected chi connectivity index (χ3v) is 4.10. The van der Waals surface area contributed by atoms with Crippen LogP contribution in [-0.4, -0.2) is 45.5 Å². The summed E-state index contributed by atoms with van der Waals surface area (Å²) in [6.07, 6.45) is 0.0567. The van der Waals surface area contributed by atoms with Gasteiger partial charge in [-0.1, -0.05) is 20.8 Å². The summed E-state index contributed by atoms with van der Waals surface area (Å²) in [6, 6.07) is 0. The highest BCUT2D eigenvalue weighted by molar-refractivity contribution is 7.91. The van der Waals surface area contributed by atoms with Crippen molar-refractivity contribution >= 4 is 28.2 Å². The molecule has 0 aliphatic carbocycles. The van der Waals surface area contributed by atoms with E-state index < -0.39 is 9.84 Å². The fourth-order valence-electron chi connectivity index (χ4n) is 1.39.